The van der Waals surface area contributed by atoms with Crippen molar-refractivity contribution in [1.82, 2.24) is 39.7 Å². The number of rotatable bonds is 4. The fraction of sp³-hybridized carbons (Fsp3) is 0.174. The van der Waals surface area contributed by atoms with Crippen molar-refractivity contribution in [2.75, 3.05) is 0 Å². The largest absolute Gasteiger partial charge is 2.00 e. The molecule has 0 unspecified atom stereocenters. The van der Waals surface area contributed by atoms with Crippen LogP contribution in [-0.4, -0.2) is 34.6 Å². The third kappa shape index (κ3) is 4.38. The molecule has 5 rings (SSSR count). The number of halogens is 3. The molecule has 0 amide bonds. The molecule has 13 heteroatoms. The minimum Gasteiger partial charge on any atom is -0.573 e. The van der Waals surface area contributed by atoms with Crippen LogP contribution in [0.25, 0.3) is 28.4 Å². The minimum absolute atomic E-state index is 0. The Balaban J connectivity index is 0.00000304. The zero-order valence-electron chi connectivity index (χ0n) is 18.6. The molecular formula is C23H14F3N9Pt. The van der Waals surface area contributed by atoms with E-state index in [0.29, 0.717) is 28.4 Å². The van der Waals surface area contributed by atoms with Crippen molar-refractivity contribution in [1.29, 1.82) is 5.26 Å². The van der Waals surface area contributed by atoms with Crippen LogP contribution in [0.1, 0.15) is 36.6 Å². The van der Waals surface area contributed by atoms with E-state index in [9.17, 15) is 18.4 Å². The zero-order valence-corrected chi connectivity index (χ0v) is 20.9. The molecule has 9 nitrogen and oxygen atoms in total. The third-order valence-corrected chi connectivity index (χ3v) is 5.47. The van der Waals surface area contributed by atoms with E-state index in [1.807, 2.05) is 26.0 Å². The van der Waals surface area contributed by atoms with Crippen molar-refractivity contribution < 1.29 is 34.2 Å². The maximum absolute atomic E-state index is 12.9. The summed E-state index contributed by atoms with van der Waals surface area (Å²) < 4.78 is 40.3. The van der Waals surface area contributed by atoms with E-state index in [4.69, 9.17) is 4.98 Å². The van der Waals surface area contributed by atoms with E-state index in [1.54, 1.807) is 30.3 Å². The normalized spacial score (nSPS) is 11.8. The topological polar surface area (TPSA) is 120 Å². The van der Waals surface area contributed by atoms with Crippen molar-refractivity contribution in [2.24, 2.45) is 0 Å². The van der Waals surface area contributed by atoms with Gasteiger partial charge in [0.25, 0.3) is 0 Å². The predicted molar refractivity (Wildman–Crippen MR) is 116 cm³/mol. The first-order valence-electron chi connectivity index (χ1n) is 10.2. The maximum Gasteiger partial charge on any atom is 2.00 e. The van der Waals surface area contributed by atoms with Crippen LogP contribution in [0.3, 0.4) is 0 Å². The molecule has 0 fully saturated rings. The molecule has 0 aromatic carbocycles. The Kier molecular flexibility index (Phi) is 6.45. The second-order valence-electron chi connectivity index (χ2n) is 8.08. The molecule has 5 aromatic rings. The molecule has 0 saturated carbocycles. The Morgan fingerprint density at radius 3 is 2.42 bits per heavy atom. The van der Waals surface area contributed by atoms with E-state index in [-0.39, 0.29) is 38.1 Å². The summed E-state index contributed by atoms with van der Waals surface area (Å²) in [6.07, 6.45) is -0.517. The van der Waals surface area contributed by atoms with Gasteiger partial charge in [0.1, 0.15) is 23.8 Å². The number of pyridine rings is 2. The fourth-order valence-corrected chi connectivity index (χ4v) is 3.54. The number of hydrogen-bond acceptors (Lipinski definition) is 7. The molecule has 0 saturated heterocycles. The molecular weight excluding hydrogens is 654 g/mol. The van der Waals surface area contributed by atoms with Gasteiger partial charge in [-0.05, 0) is 38.1 Å². The summed E-state index contributed by atoms with van der Waals surface area (Å²) in [4.78, 5) is 21.5. The van der Waals surface area contributed by atoms with Crippen molar-refractivity contribution in [3.05, 3.63) is 77.9 Å². The van der Waals surface area contributed by atoms with Crippen LogP contribution in [0.5, 0.6) is 0 Å². The Morgan fingerprint density at radius 1 is 1.00 bits per heavy atom. The van der Waals surface area contributed by atoms with Gasteiger partial charge in [0.05, 0.1) is 11.5 Å². The number of imidazole rings is 1. The predicted octanol–water partition coefficient (Wildman–Crippen LogP) is 3.64. The van der Waals surface area contributed by atoms with Gasteiger partial charge in [-0.2, -0.15) is 18.4 Å². The average molecular weight is 669 g/mol. The van der Waals surface area contributed by atoms with Gasteiger partial charge in [-0.3, -0.25) is 15.0 Å². The molecule has 182 valence electrons. The summed E-state index contributed by atoms with van der Waals surface area (Å²) in [5.74, 6) is 0.466. The van der Waals surface area contributed by atoms with Crippen molar-refractivity contribution in [3.63, 3.8) is 0 Å². The van der Waals surface area contributed by atoms with E-state index in [0.717, 1.165) is 6.07 Å². The van der Waals surface area contributed by atoms with E-state index in [2.05, 4.69) is 36.5 Å². The number of fused-ring (bicyclic) bond motifs is 1. The minimum atomic E-state index is -4.58. The average Bonchev–Trinajstić information content (AvgIpc) is 3.52. The van der Waals surface area contributed by atoms with Crippen LogP contribution in [-0.2, 0) is 32.7 Å². The van der Waals surface area contributed by atoms with Crippen LogP contribution < -0.4 is 5.10 Å². The first-order valence-corrected chi connectivity index (χ1v) is 10.2. The van der Waals surface area contributed by atoms with Gasteiger partial charge in [0.15, 0.2) is 0 Å². The molecule has 0 aliphatic carbocycles. The molecule has 0 aliphatic heterocycles. The van der Waals surface area contributed by atoms with Gasteiger partial charge in [-0.1, -0.05) is 23.9 Å². The summed E-state index contributed by atoms with van der Waals surface area (Å²) >= 11 is 0. The van der Waals surface area contributed by atoms with Gasteiger partial charge in [0.2, 0.25) is 0 Å². The van der Waals surface area contributed by atoms with Crippen LogP contribution >= 0.6 is 0 Å². The number of hydrogen-bond donors (Lipinski definition) is 0. The van der Waals surface area contributed by atoms with E-state index >= 15 is 0 Å². The number of aromatic nitrogens is 8. The molecule has 36 heavy (non-hydrogen) atoms. The molecule has 0 bridgehead atoms. The summed E-state index contributed by atoms with van der Waals surface area (Å²) in [7, 11) is 0. The first kappa shape index (κ1) is 25.1. The van der Waals surface area contributed by atoms with Crippen molar-refractivity contribution >= 4 is 11.2 Å². The Labute approximate surface area is 216 Å². The zero-order chi connectivity index (χ0) is 24.8. The summed E-state index contributed by atoms with van der Waals surface area (Å²) in [6, 6.07) is 13.2. The van der Waals surface area contributed by atoms with Crippen molar-refractivity contribution in [2.45, 2.75) is 25.4 Å². The maximum atomic E-state index is 12.9. The molecule has 5 heterocycles. The van der Waals surface area contributed by atoms with Gasteiger partial charge in [-0.15, -0.1) is 0 Å². The van der Waals surface area contributed by atoms with Crippen LogP contribution in [0, 0.1) is 17.7 Å². The number of alkyl halides is 3. The van der Waals surface area contributed by atoms with Gasteiger partial charge in [-0.25, -0.2) is 4.98 Å². The second-order valence-corrected chi connectivity index (χ2v) is 8.08. The molecule has 0 N–H and O–H groups in total. The van der Waals surface area contributed by atoms with Gasteiger partial charge >= 0.3 is 27.2 Å². The summed E-state index contributed by atoms with van der Waals surface area (Å²) in [5, 5.41) is 16.1. The molecule has 5 aromatic heterocycles. The molecule has 0 radical (unpaired) electrons. The Hall–Kier alpha value is -3.97. The smallest absolute Gasteiger partial charge is 0.573 e. The van der Waals surface area contributed by atoms with Crippen LogP contribution in [0.4, 0.5) is 13.2 Å². The molecule has 0 spiro atoms. The molecule has 0 atom stereocenters. The van der Waals surface area contributed by atoms with E-state index in [1.165, 1.54) is 10.9 Å². The molecule has 0 aliphatic rings. The van der Waals surface area contributed by atoms with Gasteiger partial charge in [0, 0.05) is 34.3 Å². The second kappa shape index (κ2) is 9.24. The van der Waals surface area contributed by atoms with Gasteiger partial charge < -0.3 is 19.7 Å². The first-order chi connectivity index (χ1) is 16.7. The monoisotopic (exact) mass is 668 g/mol. The summed E-state index contributed by atoms with van der Waals surface area (Å²) in [5.41, 5.74) is 0.529. The Morgan fingerprint density at radius 2 is 1.72 bits per heavy atom. The summed E-state index contributed by atoms with van der Waals surface area (Å²) in [6.45, 7) is 3.80. The standard InChI is InChI=1S/C23H14F3N9.Pt/c1-22(2,16-6-3-5-13(31-16)14-9-18(34-33-14)23(24,25)26)17-7-4-8-19(32-17)35-12-30-20-15(10-27)28-11-29-21(20)35;/h3-9,11H,1-2H3;/q-2;+2. The fourth-order valence-electron chi connectivity index (χ4n) is 3.54. The Bertz CT molecular complexity index is 1600. The van der Waals surface area contributed by atoms with Crippen LogP contribution in [0.2, 0.25) is 0 Å². The number of nitriles is 1. The number of nitrogens with zero attached hydrogens (tertiary/aromatic N) is 9. The van der Waals surface area contributed by atoms with E-state index < -0.39 is 17.3 Å². The van der Waals surface area contributed by atoms with Crippen LogP contribution in [0.15, 0.2) is 48.8 Å². The quantitative estimate of drug-likeness (QED) is 0.267. The SMILES string of the molecule is CC(C)(c1cccc(-c2cc(C(F)(F)F)n[n-]2)n1)c1cccc(-n2[c-]nc3c(C#N)ncnc32)n1.[Pt+2]. The van der Waals surface area contributed by atoms with Crippen molar-refractivity contribution in [3.8, 4) is 23.3 Å². The third-order valence-electron chi connectivity index (χ3n) is 5.47.